The predicted molar refractivity (Wildman–Crippen MR) is 80.5 cm³/mol. The maximum absolute atomic E-state index is 6.64. The fourth-order valence-corrected chi connectivity index (χ4v) is 3.80. The fraction of sp³-hybridized carbons (Fsp3) is 0.438. The second-order valence-corrected chi connectivity index (χ2v) is 7.42. The fourth-order valence-electron chi connectivity index (χ4n) is 2.64. The SMILES string of the molecule is CC(C)(C)c1csc(C2(N)Cc3ccccc3C2)n1. The molecular formula is C16H20N2S. The average Bonchev–Trinajstić information content (AvgIpc) is 2.91. The standard InChI is InChI=1S/C16H20N2S/c1-15(2,3)13-10-19-14(18-13)16(17)8-11-6-4-5-7-12(11)9-16/h4-7,10H,8-9,17H2,1-3H3. The van der Waals surface area contributed by atoms with Crippen molar-refractivity contribution in [2.75, 3.05) is 0 Å². The van der Waals surface area contributed by atoms with E-state index in [1.165, 1.54) is 11.1 Å². The highest BCUT2D eigenvalue weighted by Gasteiger charge is 2.38. The third kappa shape index (κ3) is 2.21. The summed E-state index contributed by atoms with van der Waals surface area (Å²) in [6, 6.07) is 8.55. The van der Waals surface area contributed by atoms with Crippen molar-refractivity contribution in [3.8, 4) is 0 Å². The van der Waals surface area contributed by atoms with E-state index in [1.807, 2.05) is 0 Å². The first-order valence-corrected chi connectivity index (χ1v) is 7.59. The van der Waals surface area contributed by atoms with Gasteiger partial charge in [-0.15, -0.1) is 11.3 Å². The van der Waals surface area contributed by atoms with E-state index in [0.717, 1.165) is 23.5 Å². The van der Waals surface area contributed by atoms with Crippen LogP contribution in [0.5, 0.6) is 0 Å². The predicted octanol–water partition coefficient (Wildman–Crippen LogP) is 3.39. The van der Waals surface area contributed by atoms with Crippen molar-refractivity contribution in [3.05, 3.63) is 51.5 Å². The third-order valence-corrected chi connectivity index (χ3v) is 4.89. The van der Waals surface area contributed by atoms with Gasteiger partial charge in [-0.3, -0.25) is 0 Å². The van der Waals surface area contributed by atoms with Crippen LogP contribution in [-0.2, 0) is 23.8 Å². The van der Waals surface area contributed by atoms with Crippen LogP contribution in [0.4, 0.5) is 0 Å². The van der Waals surface area contributed by atoms with Crippen LogP contribution < -0.4 is 5.73 Å². The zero-order valence-corrected chi connectivity index (χ0v) is 12.6. The monoisotopic (exact) mass is 272 g/mol. The van der Waals surface area contributed by atoms with Crippen molar-refractivity contribution in [2.24, 2.45) is 5.73 Å². The molecule has 1 aromatic heterocycles. The summed E-state index contributed by atoms with van der Waals surface area (Å²) in [6.07, 6.45) is 1.81. The number of benzene rings is 1. The van der Waals surface area contributed by atoms with Crippen LogP contribution in [0, 0.1) is 0 Å². The highest BCUT2D eigenvalue weighted by Crippen LogP contribution is 2.38. The van der Waals surface area contributed by atoms with Crippen LogP contribution in [0.3, 0.4) is 0 Å². The summed E-state index contributed by atoms with van der Waals surface area (Å²) in [6.45, 7) is 6.58. The van der Waals surface area contributed by atoms with Crippen molar-refractivity contribution in [3.63, 3.8) is 0 Å². The molecule has 0 saturated heterocycles. The molecule has 1 aromatic carbocycles. The van der Waals surface area contributed by atoms with E-state index in [4.69, 9.17) is 10.7 Å². The zero-order chi connectivity index (χ0) is 13.7. The summed E-state index contributed by atoms with van der Waals surface area (Å²) in [4.78, 5) is 4.81. The van der Waals surface area contributed by atoms with E-state index < -0.39 is 0 Å². The van der Waals surface area contributed by atoms with Crippen LogP contribution in [0.15, 0.2) is 29.6 Å². The molecule has 0 atom stereocenters. The van der Waals surface area contributed by atoms with Gasteiger partial charge in [-0.2, -0.15) is 0 Å². The molecule has 1 heterocycles. The summed E-state index contributed by atoms with van der Waals surface area (Å²) in [7, 11) is 0. The maximum atomic E-state index is 6.64. The summed E-state index contributed by atoms with van der Waals surface area (Å²) >= 11 is 1.71. The molecule has 0 spiro atoms. The van der Waals surface area contributed by atoms with Gasteiger partial charge in [-0.05, 0) is 24.0 Å². The van der Waals surface area contributed by atoms with E-state index >= 15 is 0 Å². The lowest BCUT2D eigenvalue weighted by Gasteiger charge is -2.21. The Hall–Kier alpha value is -1.19. The zero-order valence-electron chi connectivity index (χ0n) is 11.7. The lowest BCUT2D eigenvalue weighted by Crippen LogP contribution is -2.37. The topological polar surface area (TPSA) is 38.9 Å². The molecule has 3 rings (SSSR count). The lowest BCUT2D eigenvalue weighted by molar-refractivity contribution is 0.464. The molecular weight excluding hydrogens is 252 g/mol. The van der Waals surface area contributed by atoms with Crippen LogP contribution in [0.1, 0.15) is 42.6 Å². The molecule has 0 aliphatic heterocycles. The molecule has 0 saturated carbocycles. The molecule has 0 bridgehead atoms. The number of fused-ring (bicyclic) bond motifs is 1. The molecule has 0 fully saturated rings. The number of aromatic nitrogens is 1. The summed E-state index contributed by atoms with van der Waals surface area (Å²) in [5, 5.41) is 3.24. The summed E-state index contributed by atoms with van der Waals surface area (Å²) in [5.74, 6) is 0. The molecule has 1 aliphatic carbocycles. The molecule has 100 valence electrons. The van der Waals surface area contributed by atoms with Gasteiger partial charge in [0.25, 0.3) is 0 Å². The maximum Gasteiger partial charge on any atom is 0.113 e. The van der Waals surface area contributed by atoms with E-state index in [2.05, 4.69) is 50.4 Å². The minimum atomic E-state index is -0.308. The highest BCUT2D eigenvalue weighted by molar-refractivity contribution is 7.09. The van der Waals surface area contributed by atoms with E-state index in [-0.39, 0.29) is 11.0 Å². The number of thiazole rings is 1. The van der Waals surface area contributed by atoms with Crippen molar-refractivity contribution in [1.82, 2.24) is 4.98 Å². The molecule has 3 heteroatoms. The number of hydrogen-bond acceptors (Lipinski definition) is 3. The number of rotatable bonds is 1. The first kappa shape index (κ1) is 12.8. The molecule has 2 aromatic rings. The third-order valence-electron chi connectivity index (χ3n) is 3.83. The molecule has 19 heavy (non-hydrogen) atoms. The Balaban J connectivity index is 1.94. The van der Waals surface area contributed by atoms with Crippen molar-refractivity contribution in [1.29, 1.82) is 0 Å². The van der Waals surface area contributed by atoms with E-state index in [9.17, 15) is 0 Å². The normalized spacial score (nSPS) is 17.5. The van der Waals surface area contributed by atoms with Gasteiger partial charge in [0.05, 0.1) is 11.2 Å². The quantitative estimate of drug-likeness (QED) is 0.864. The Labute approximate surface area is 118 Å². The van der Waals surface area contributed by atoms with Crippen LogP contribution in [0.25, 0.3) is 0 Å². The number of hydrogen-bond donors (Lipinski definition) is 1. The van der Waals surface area contributed by atoms with Gasteiger partial charge in [-0.1, -0.05) is 45.0 Å². The largest absolute Gasteiger partial charge is 0.319 e. The van der Waals surface area contributed by atoms with Gasteiger partial charge >= 0.3 is 0 Å². The Kier molecular flexibility index (Phi) is 2.80. The van der Waals surface area contributed by atoms with Gasteiger partial charge < -0.3 is 5.73 Å². The second-order valence-electron chi connectivity index (χ2n) is 6.57. The molecule has 2 nitrogen and oxygen atoms in total. The Morgan fingerprint density at radius 3 is 2.21 bits per heavy atom. The lowest BCUT2D eigenvalue weighted by atomic mass is 9.93. The first-order valence-electron chi connectivity index (χ1n) is 6.71. The molecule has 2 N–H and O–H groups in total. The minimum Gasteiger partial charge on any atom is -0.319 e. The molecule has 0 amide bonds. The van der Waals surface area contributed by atoms with Crippen molar-refractivity contribution < 1.29 is 0 Å². The van der Waals surface area contributed by atoms with Crippen LogP contribution >= 0.6 is 11.3 Å². The Morgan fingerprint density at radius 2 is 1.74 bits per heavy atom. The summed E-state index contributed by atoms with van der Waals surface area (Å²) in [5.41, 5.74) is 10.3. The molecule has 0 radical (unpaired) electrons. The Morgan fingerprint density at radius 1 is 1.16 bits per heavy atom. The van der Waals surface area contributed by atoms with Gasteiger partial charge in [0, 0.05) is 10.8 Å². The highest BCUT2D eigenvalue weighted by atomic mass is 32.1. The minimum absolute atomic E-state index is 0.0938. The van der Waals surface area contributed by atoms with Gasteiger partial charge in [0.1, 0.15) is 5.01 Å². The molecule has 1 aliphatic rings. The smallest absolute Gasteiger partial charge is 0.113 e. The second kappa shape index (κ2) is 4.15. The van der Waals surface area contributed by atoms with Gasteiger partial charge in [0.15, 0.2) is 0 Å². The Bertz CT molecular complexity index is 582. The number of nitrogens with two attached hydrogens (primary N) is 1. The average molecular weight is 272 g/mol. The van der Waals surface area contributed by atoms with Gasteiger partial charge in [-0.25, -0.2) is 4.98 Å². The summed E-state index contributed by atoms with van der Waals surface area (Å²) < 4.78 is 0. The van der Waals surface area contributed by atoms with E-state index in [1.54, 1.807) is 11.3 Å². The van der Waals surface area contributed by atoms with Crippen molar-refractivity contribution in [2.45, 2.75) is 44.6 Å². The number of nitrogens with zero attached hydrogens (tertiary/aromatic N) is 1. The first-order chi connectivity index (χ1) is 8.88. The van der Waals surface area contributed by atoms with Gasteiger partial charge in [0.2, 0.25) is 0 Å². The van der Waals surface area contributed by atoms with Crippen LogP contribution in [-0.4, -0.2) is 4.98 Å². The van der Waals surface area contributed by atoms with Crippen LogP contribution in [0.2, 0.25) is 0 Å². The van der Waals surface area contributed by atoms with E-state index in [0.29, 0.717) is 0 Å². The molecule has 0 unspecified atom stereocenters. The van der Waals surface area contributed by atoms with Crippen molar-refractivity contribution >= 4 is 11.3 Å².